The largest absolute Gasteiger partial charge is 0.435 e. The summed E-state index contributed by atoms with van der Waals surface area (Å²) >= 11 is 0. The number of rotatable bonds is 8. The Morgan fingerprint density at radius 3 is 2.20 bits per heavy atom. The topological polar surface area (TPSA) is 64.0 Å². The number of alkyl halides is 3. The van der Waals surface area contributed by atoms with Crippen LogP contribution in [0.4, 0.5) is 18.9 Å². The van der Waals surface area contributed by atoms with Crippen LogP contribution in [0.25, 0.3) is 5.69 Å². The molecule has 9 heteroatoms. The number of aryl methyl sites for hydroxylation is 1. The minimum absolute atomic E-state index is 0.146. The van der Waals surface area contributed by atoms with E-state index in [-0.39, 0.29) is 4.90 Å². The normalized spacial score (nSPS) is 12.1. The second kappa shape index (κ2) is 8.91. The highest BCUT2D eigenvalue weighted by Gasteiger charge is 2.33. The third kappa shape index (κ3) is 5.41. The first-order valence-corrected chi connectivity index (χ1v) is 11.0. The van der Waals surface area contributed by atoms with Crippen molar-refractivity contribution in [2.75, 3.05) is 4.72 Å². The molecule has 0 saturated carbocycles. The number of nitrogens with zero attached hydrogens (tertiary/aromatic N) is 2. The molecule has 0 atom stereocenters. The van der Waals surface area contributed by atoms with Crippen LogP contribution in [0, 0.1) is 0 Å². The van der Waals surface area contributed by atoms with Gasteiger partial charge >= 0.3 is 6.18 Å². The molecule has 30 heavy (non-hydrogen) atoms. The molecule has 0 unspecified atom stereocenters. The van der Waals surface area contributed by atoms with Crippen LogP contribution in [0.3, 0.4) is 0 Å². The first-order valence-electron chi connectivity index (χ1n) is 9.54. The summed E-state index contributed by atoms with van der Waals surface area (Å²) in [6.07, 6.45) is 0.906. The van der Waals surface area contributed by atoms with Crippen LogP contribution < -0.4 is 4.72 Å². The van der Waals surface area contributed by atoms with E-state index in [1.54, 1.807) is 12.1 Å². The van der Waals surface area contributed by atoms with Crippen molar-refractivity contribution in [2.45, 2.75) is 43.7 Å². The summed E-state index contributed by atoms with van der Waals surface area (Å²) in [5.74, 6) is 0. The minimum atomic E-state index is -4.52. The lowest BCUT2D eigenvalue weighted by atomic mass is 10.1. The van der Waals surface area contributed by atoms with Gasteiger partial charge in [-0.15, -0.1) is 0 Å². The lowest BCUT2D eigenvalue weighted by molar-refractivity contribution is -0.141. The zero-order chi connectivity index (χ0) is 21.8. The van der Waals surface area contributed by atoms with E-state index in [1.165, 1.54) is 30.5 Å². The number of anilines is 1. The van der Waals surface area contributed by atoms with Crippen LogP contribution in [-0.2, 0) is 22.6 Å². The number of aromatic nitrogens is 2. The summed E-state index contributed by atoms with van der Waals surface area (Å²) in [6.45, 7) is 2.13. The molecule has 1 N–H and O–H groups in total. The van der Waals surface area contributed by atoms with Crippen LogP contribution >= 0.6 is 0 Å². The number of benzene rings is 2. The predicted octanol–water partition coefficient (Wildman–Crippen LogP) is 5.42. The Morgan fingerprint density at radius 2 is 1.63 bits per heavy atom. The predicted molar refractivity (Wildman–Crippen MR) is 109 cm³/mol. The molecule has 5 nitrogen and oxygen atoms in total. The van der Waals surface area contributed by atoms with Crippen molar-refractivity contribution in [3.8, 4) is 5.69 Å². The van der Waals surface area contributed by atoms with Gasteiger partial charge in [0.2, 0.25) is 0 Å². The highest BCUT2D eigenvalue weighted by molar-refractivity contribution is 7.92. The first-order chi connectivity index (χ1) is 14.2. The van der Waals surface area contributed by atoms with Gasteiger partial charge in [-0.2, -0.15) is 18.3 Å². The molecule has 3 rings (SSSR count). The van der Waals surface area contributed by atoms with Crippen molar-refractivity contribution in [3.63, 3.8) is 0 Å². The molecule has 0 spiro atoms. The summed E-state index contributed by atoms with van der Waals surface area (Å²) in [5, 5.41) is 3.49. The molecular weight excluding hydrogens is 415 g/mol. The van der Waals surface area contributed by atoms with Crippen LogP contribution in [0.2, 0.25) is 0 Å². The van der Waals surface area contributed by atoms with Gasteiger partial charge in [0.05, 0.1) is 10.6 Å². The van der Waals surface area contributed by atoms with Gasteiger partial charge in [0.25, 0.3) is 10.0 Å². The number of unbranched alkanes of at least 4 members (excludes halogenated alkanes) is 2. The van der Waals surface area contributed by atoms with Crippen molar-refractivity contribution in [2.24, 2.45) is 0 Å². The third-order valence-corrected chi connectivity index (χ3v) is 5.96. The number of hydrogen-bond donors (Lipinski definition) is 1. The van der Waals surface area contributed by atoms with Gasteiger partial charge in [0.1, 0.15) is 0 Å². The van der Waals surface area contributed by atoms with Gasteiger partial charge in [-0.05, 0) is 60.9 Å². The van der Waals surface area contributed by atoms with Gasteiger partial charge < -0.3 is 0 Å². The Labute approximate surface area is 173 Å². The van der Waals surface area contributed by atoms with Crippen molar-refractivity contribution in [3.05, 3.63) is 72.1 Å². The highest BCUT2D eigenvalue weighted by Crippen LogP contribution is 2.28. The average Bonchev–Trinajstić information content (AvgIpc) is 3.20. The van der Waals surface area contributed by atoms with Gasteiger partial charge in [0.15, 0.2) is 5.69 Å². The molecule has 1 heterocycles. The summed E-state index contributed by atoms with van der Waals surface area (Å²) in [5.41, 5.74) is 0.772. The lowest BCUT2D eigenvalue weighted by Crippen LogP contribution is -2.13. The molecule has 0 amide bonds. The van der Waals surface area contributed by atoms with Crippen molar-refractivity contribution in [1.82, 2.24) is 9.78 Å². The zero-order valence-corrected chi connectivity index (χ0v) is 17.2. The fourth-order valence-electron chi connectivity index (χ4n) is 2.93. The Hall–Kier alpha value is -2.81. The Bertz CT molecular complexity index is 1070. The second-order valence-corrected chi connectivity index (χ2v) is 8.58. The second-order valence-electron chi connectivity index (χ2n) is 6.90. The first kappa shape index (κ1) is 21.9. The van der Waals surface area contributed by atoms with E-state index in [2.05, 4.69) is 16.7 Å². The van der Waals surface area contributed by atoms with E-state index in [9.17, 15) is 21.6 Å². The maximum atomic E-state index is 12.7. The molecule has 1 aromatic heterocycles. The van der Waals surface area contributed by atoms with Crippen LogP contribution in [0.5, 0.6) is 0 Å². The smallest absolute Gasteiger partial charge is 0.280 e. The van der Waals surface area contributed by atoms with Gasteiger partial charge in [-0.1, -0.05) is 31.9 Å². The van der Waals surface area contributed by atoms with Gasteiger partial charge in [-0.25, -0.2) is 13.1 Å². The monoisotopic (exact) mass is 437 g/mol. The fraction of sp³-hybridized carbons (Fsp3) is 0.286. The number of hydrogen-bond acceptors (Lipinski definition) is 3. The molecule has 3 aromatic rings. The summed E-state index contributed by atoms with van der Waals surface area (Å²) in [6, 6.07) is 13.6. The molecule has 0 fully saturated rings. The van der Waals surface area contributed by atoms with Crippen LogP contribution in [0.1, 0.15) is 37.4 Å². The Kier molecular flexibility index (Phi) is 6.50. The zero-order valence-electron chi connectivity index (χ0n) is 16.4. The van der Waals surface area contributed by atoms with Crippen molar-refractivity contribution < 1.29 is 21.6 Å². The summed E-state index contributed by atoms with van der Waals surface area (Å²) in [4.78, 5) is 0.146. The van der Waals surface area contributed by atoms with Crippen LogP contribution in [0.15, 0.2) is 65.7 Å². The fourth-order valence-corrected chi connectivity index (χ4v) is 3.99. The highest BCUT2D eigenvalue weighted by atomic mass is 32.2. The van der Waals surface area contributed by atoms with E-state index in [4.69, 9.17) is 0 Å². The number of sulfonamides is 1. The van der Waals surface area contributed by atoms with Gasteiger partial charge in [-0.3, -0.25) is 4.72 Å². The van der Waals surface area contributed by atoms with E-state index in [1.807, 2.05) is 12.1 Å². The quantitative estimate of drug-likeness (QED) is 0.478. The molecule has 2 aromatic carbocycles. The Morgan fingerprint density at radius 1 is 0.967 bits per heavy atom. The maximum absolute atomic E-state index is 12.7. The molecule has 160 valence electrons. The third-order valence-electron chi connectivity index (χ3n) is 4.57. The molecule has 0 radical (unpaired) electrons. The molecule has 0 aliphatic heterocycles. The van der Waals surface area contributed by atoms with Crippen molar-refractivity contribution in [1.29, 1.82) is 0 Å². The number of halogens is 3. The van der Waals surface area contributed by atoms with E-state index < -0.39 is 21.9 Å². The van der Waals surface area contributed by atoms with E-state index in [0.717, 1.165) is 42.0 Å². The molecule has 0 aliphatic rings. The minimum Gasteiger partial charge on any atom is -0.280 e. The summed E-state index contributed by atoms with van der Waals surface area (Å²) < 4.78 is 66.8. The van der Waals surface area contributed by atoms with Crippen LogP contribution in [-0.4, -0.2) is 18.2 Å². The molecule has 0 saturated heterocycles. The SMILES string of the molecule is CCCCCc1ccc(S(=O)(=O)Nc2ccc(-n3ccc(C(F)(F)F)n3)cc2)cc1. The Balaban J connectivity index is 1.69. The molecule has 0 aliphatic carbocycles. The average molecular weight is 437 g/mol. The lowest BCUT2D eigenvalue weighted by Gasteiger charge is -2.10. The summed E-state index contributed by atoms with van der Waals surface area (Å²) in [7, 11) is -3.77. The van der Waals surface area contributed by atoms with Gasteiger partial charge in [0, 0.05) is 11.9 Å². The maximum Gasteiger partial charge on any atom is 0.435 e. The number of nitrogens with one attached hydrogen (secondary N) is 1. The standard InChI is InChI=1S/C21H22F3N3O2S/c1-2-3-4-5-16-6-12-19(13-7-16)30(28,29)26-17-8-10-18(11-9-17)27-15-14-20(25-27)21(22,23)24/h6-15,26H,2-5H2,1H3. The van der Waals surface area contributed by atoms with Crippen molar-refractivity contribution >= 4 is 15.7 Å². The molecule has 0 bridgehead atoms. The van der Waals surface area contributed by atoms with E-state index in [0.29, 0.717) is 11.4 Å². The van der Waals surface area contributed by atoms with E-state index >= 15 is 0 Å². The molecular formula is C21H22F3N3O2S.